The van der Waals surface area contributed by atoms with Gasteiger partial charge in [-0.15, -0.1) is 0 Å². The van der Waals surface area contributed by atoms with Crippen LogP contribution in [0.15, 0.2) is 22.7 Å². The molecule has 1 unspecified atom stereocenters. The second-order valence-corrected chi connectivity index (χ2v) is 5.65. The van der Waals surface area contributed by atoms with E-state index in [1.807, 2.05) is 19.2 Å². The Morgan fingerprint density at radius 3 is 2.71 bits per heavy atom. The van der Waals surface area contributed by atoms with Crippen molar-refractivity contribution < 1.29 is 4.74 Å². The molecule has 0 amide bonds. The summed E-state index contributed by atoms with van der Waals surface area (Å²) < 4.78 is 6.36. The Hall–Kier alpha value is -0.0900. The molecule has 1 N–H and O–H groups in total. The van der Waals surface area contributed by atoms with E-state index >= 15 is 0 Å². The monoisotopic (exact) mass is 317 g/mol. The van der Waals surface area contributed by atoms with Crippen LogP contribution in [0.1, 0.15) is 24.4 Å². The van der Waals surface area contributed by atoms with Gasteiger partial charge in [0.1, 0.15) is 0 Å². The largest absolute Gasteiger partial charge is 0.381 e. The van der Waals surface area contributed by atoms with Gasteiger partial charge in [-0.1, -0.05) is 17.7 Å². The van der Waals surface area contributed by atoms with E-state index in [9.17, 15) is 0 Å². The Morgan fingerprint density at radius 1 is 1.41 bits per heavy atom. The summed E-state index contributed by atoms with van der Waals surface area (Å²) >= 11 is 9.58. The first kappa shape index (κ1) is 13.3. The van der Waals surface area contributed by atoms with Crippen molar-refractivity contribution in [1.29, 1.82) is 0 Å². The van der Waals surface area contributed by atoms with Crippen LogP contribution < -0.4 is 5.32 Å². The van der Waals surface area contributed by atoms with Gasteiger partial charge in [-0.3, -0.25) is 0 Å². The van der Waals surface area contributed by atoms with Crippen molar-refractivity contribution in [2.24, 2.45) is 5.92 Å². The van der Waals surface area contributed by atoms with E-state index in [1.54, 1.807) is 0 Å². The van der Waals surface area contributed by atoms with Gasteiger partial charge < -0.3 is 10.1 Å². The summed E-state index contributed by atoms with van der Waals surface area (Å²) in [5.41, 5.74) is 1.26. The highest BCUT2D eigenvalue weighted by atomic mass is 79.9. The minimum atomic E-state index is 0.365. The summed E-state index contributed by atoms with van der Waals surface area (Å²) in [5, 5.41) is 4.18. The van der Waals surface area contributed by atoms with Gasteiger partial charge in [0, 0.05) is 23.7 Å². The van der Waals surface area contributed by atoms with Gasteiger partial charge >= 0.3 is 0 Å². The quantitative estimate of drug-likeness (QED) is 0.915. The molecule has 0 aliphatic carbocycles. The fraction of sp³-hybridized carbons (Fsp3) is 0.538. The lowest BCUT2D eigenvalue weighted by Crippen LogP contribution is -2.29. The molecular weight excluding hydrogens is 302 g/mol. The maximum absolute atomic E-state index is 6.15. The van der Waals surface area contributed by atoms with E-state index in [-0.39, 0.29) is 0 Å². The molecule has 1 aliphatic rings. The Labute approximate surface area is 116 Å². The van der Waals surface area contributed by atoms with Crippen LogP contribution >= 0.6 is 27.5 Å². The number of rotatable bonds is 3. The zero-order valence-corrected chi connectivity index (χ0v) is 12.2. The maximum Gasteiger partial charge on any atom is 0.0551 e. The minimum Gasteiger partial charge on any atom is -0.381 e. The third-order valence-corrected chi connectivity index (χ3v) is 4.58. The van der Waals surface area contributed by atoms with Crippen LogP contribution in [0, 0.1) is 5.92 Å². The standard InChI is InChI=1S/C13H17BrClNO/c1-16-13(9-4-6-17-7-5-9)10-2-3-11(14)12(15)8-10/h2-3,8-9,13,16H,4-7H2,1H3. The molecule has 4 heteroatoms. The lowest BCUT2D eigenvalue weighted by Gasteiger charge is -2.30. The molecule has 94 valence electrons. The molecule has 1 aliphatic heterocycles. The summed E-state index contributed by atoms with van der Waals surface area (Å²) in [6.07, 6.45) is 2.22. The average Bonchev–Trinajstić information content (AvgIpc) is 2.36. The Kier molecular flexibility index (Phi) is 4.86. The molecule has 1 heterocycles. The molecule has 0 spiro atoms. The van der Waals surface area contributed by atoms with Crippen LogP contribution in [0.3, 0.4) is 0 Å². The van der Waals surface area contributed by atoms with Crippen molar-refractivity contribution >= 4 is 27.5 Å². The first-order chi connectivity index (χ1) is 8.22. The number of hydrogen-bond donors (Lipinski definition) is 1. The van der Waals surface area contributed by atoms with E-state index in [4.69, 9.17) is 16.3 Å². The van der Waals surface area contributed by atoms with Crippen LogP contribution in [-0.4, -0.2) is 20.3 Å². The highest BCUT2D eigenvalue weighted by Gasteiger charge is 2.24. The molecule has 1 aromatic carbocycles. The molecule has 2 nitrogen and oxygen atoms in total. The summed E-state index contributed by atoms with van der Waals surface area (Å²) in [7, 11) is 2.01. The molecule has 1 atom stereocenters. The van der Waals surface area contributed by atoms with Crippen molar-refractivity contribution in [1.82, 2.24) is 5.32 Å². The smallest absolute Gasteiger partial charge is 0.0551 e. The van der Waals surface area contributed by atoms with Gasteiger partial charge in [-0.25, -0.2) is 0 Å². The minimum absolute atomic E-state index is 0.365. The van der Waals surface area contributed by atoms with E-state index in [0.29, 0.717) is 12.0 Å². The normalized spacial score (nSPS) is 19.2. The van der Waals surface area contributed by atoms with Crippen LogP contribution in [0.2, 0.25) is 5.02 Å². The molecule has 1 aromatic rings. The second kappa shape index (κ2) is 6.19. The predicted molar refractivity (Wildman–Crippen MR) is 74.5 cm³/mol. The highest BCUT2D eigenvalue weighted by Crippen LogP contribution is 2.33. The molecule has 0 radical (unpaired) electrons. The van der Waals surface area contributed by atoms with E-state index < -0.39 is 0 Å². The van der Waals surface area contributed by atoms with Gasteiger partial charge in [0.2, 0.25) is 0 Å². The van der Waals surface area contributed by atoms with Gasteiger partial charge in [-0.2, -0.15) is 0 Å². The van der Waals surface area contributed by atoms with Crippen molar-refractivity contribution in [2.75, 3.05) is 20.3 Å². The zero-order valence-electron chi connectivity index (χ0n) is 9.88. The average molecular weight is 319 g/mol. The number of hydrogen-bond acceptors (Lipinski definition) is 2. The molecular formula is C13H17BrClNO. The third kappa shape index (κ3) is 3.22. The molecule has 0 aromatic heterocycles. The summed E-state index contributed by atoms with van der Waals surface area (Å²) in [6, 6.07) is 6.56. The second-order valence-electron chi connectivity index (χ2n) is 4.39. The van der Waals surface area contributed by atoms with Crippen molar-refractivity contribution in [3.05, 3.63) is 33.3 Å². The van der Waals surface area contributed by atoms with Crippen molar-refractivity contribution in [2.45, 2.75) is 18.9 Å². The number of halogens is 2. The fourth-order valence-electron chi connectivity index (χ4n) is 2.43. The summed E-state index contributed by atoms with van der Waals surface area (Å²) in [5.74, 6) is 0.631. The molecule has 1 fully saturated rings. The SMILES string of the molecule is CNC(c1ccc(Br)c(Cl)c1)C1CCOCC1. The van der Waals surface area contributed by atoms with Gasteiger partial charge in [-0.05, 0) is 59.4 Å². The van der Waals surface area contributed by atoms with Crippen LogP contribution in [-0.2, 0) is 4.74 Å². The fourth-order valence-corrected chi connectivity index (χ4v) is 2.87. The van der Waals surface area contributed by atoms with E-state index in [2.05, 4.69) is 27.3 Å². The number of ether oxygens (including phenoxy) is 1. The van der Waals surface area contributed by atoms with Gasteiger partial charge in [0.15, 0.2) is 0 Å². The number of nitrogens with one attached hydrogen (secondary N) is 1. The Morgan fingerprint density at radius 2 is 2.12 bits per heavy atom. The lowest BCUT2D eigenvalue weighted by atomic mass is 9.87. The molecule has 1 saturated heterocycles. The highest BCUT2D eigenvalue weighted by molar-refractivity contribution is 9.10. The maximum atomic E-state index is 6.15. The summed E-state index contributed by atoms with van der Waals surface area (Å²) in [4.78, 5) is 0. The molecule has 0 saturated carbocycles. The van der Waals surface area contributed by atoms with Gasteiger partial charge in [0.05, 0.1) is 5.02 Å². The molecule has 17 heavy (non-hydrogen) atoms. The van der Waals surface area contributed by atoms with E-state index in [0.717, 1.165) is 35.6 Å². The Balaban J connectivity index is 2.18. The molecule has 2 rings (SSSR count). The van der Waals surface area contributed by atoms with Crippen LogP contribution in [0.5, 0.6) is 0 Å². The molecule has 0 bridgehead atoms. The Bertz CT molecular complexity index is 380. The predicted octanol–water partition coefficient (Wildman–Crippen LogP) is 3.79. The lowest BCUT2D eigenvalue weighted by molar-refractivity contribution is 0.0546. The summed E-state index contributed by atoms with van der Waals surface area (Å²) in [6.45, 7) is 1.74. The van der Waals surface area contributed by atoms with Gasteiger partial charge in [0.25, 0.3) is 0 Å². The van der Waals surface area contributed by atoms with Crippen molar-refractivity contribution in [3.8, 4) is 0 Å². The topological polar surface area (TPSA) is 21.3 Å². The number of benzene rings is 1. The van der Waals surface area contributed by atoms with Crippen LogP contribution in [0.25, 0.3) is 0 Å². The first-order valence-electron chi connectivity index (χ1n) is 5.92. The first-order valence-corrected chi connectivity index (χ1v) is 7.09. The van der Waals surface area contributed by atoms with Crippen LogP contribution in [0.4, 0.5) is 0 Å². The third-order valence-electron chi connectivity index (χ3n) is 3.35. The van der Waals surface area contributed by atoms with Crippen molar-refractivity contribution in [3.63, 3.8) is 0 Å². The van der Waals surface area contributed by atoms with E-state index in [1.165, 1.54) is 5.56 Å². The zero-order chi connectivity index (χ0) is 12.3.